The number of hydrogen-bond acceptors (Lipinski definition) is 6. The highest BCUT2D eigenvalue weighted by molar-refractivity contribution is 7.89. The lowest BCUT2D eigenvalue weighted by atomic mass is 9.99. The maximum absolute atomic E-state index is 13.2. The average molecular weight is 485 g/mol. The minimum atomic E-state index is -3.30. The molecule has 0 spiro atoms. The number of H-pyrrole nitrogens is 1. The Kier molecular flexibility index (Phi) is 6.67. The number of sulfonamides is 1. The number of carbonyl (C=O) groups is 1. The minimum absolute atomic E-state index is 0. The van der Waals surface area contributed by atoms with Crippen LogP contribution >= 0.6 is 12.4 Å². The number of nitrogens with one attached hydrogen (secondary N) is 3. The van der Waals surface area contributed by atoms with E-state index in [4.69, 9.17) is 4.42 Å². The first-order valence-electron chi connectivity index (χ1n) is 11.0. The molecule has 0 radical (unpaired) electrons. The van der Waals surface area contributed by atoms with Crippen molar-refractivity contribution in [1.29, 1.82) is 0 Å². The summed E-state index contributed by atoms with van der Waals surface area (Å²) in [5, 5.41) is 6.35. The summed E-state index contributed by atoms with van der Waals surface area (Å²) in [4.78, 5) is 26.6. The number of nitrogens with zero attached hydrogens (tertiary/aromatic N) is 1. The summed E-state index contributed by atoms with van der Waals surface area (Å²) < 4.78 is 33.1. The van der Waals surface area contributed by atoms with Gasteiger partial charge in [-0.05, 0) is 75.7 Å². The van der Waals surface area contributed by atoms with Crippen LogP contribution in [0.4, 0.5) is 0 Å². The van der Waals surface area contributed by atoms with Crippen molar-refractivity contribution in [2.75, 3.05) is 18.8 Å². The fourth-order valence-electron chi connectivity index (χ4n) is 5.49. The zero-order valence-electron chi connectivity index (χ0n) is 17.7. The molecule has 2 aromatic rings. The van der Waals surface area contributed by atoms with E-state index >= 15 is 0 Å². The summed E-state index contributed by atoms with van der Waals surface area (Å²) in [7, 11) is -3.30. The van der Waals surface area contributed by atoms with Crippen molar-refractivity contribution in [3.63, 3.8) is 0 Å². The van der Waals surface area contributed by atoms with Crippen LogP contribution in [-0.4, -0.2) is 60.6 Å². The first-order valence-corrected chi connectivity index (χ1v) is 12.7. The summed E-state index contributed by atoms with van der Waals surface area (Å²) in [6.45, 7) is 1.78. The summed E-state index contributed by atoms with van der Waals surface area (Å²) >= 11 is 0. The third kappa shape index (κ3) is 4.59. The van der Waals surface area contributed by atoms with E-state index in [1.807, 2.05) is 0 Å². The van der Waals surface area contributed by atoms with Gasteiger partial charge in [-0.15, -0.1) is 12.4 Å². The van der Waals surface area contributed by atoms with Gasteiger partial charge < -0.3 is 15.1 Å². The van der Waals surface area contributed by atoms with Gasteiger partial charge in [0, 0.05) is 23.7 Å². The molecule has 4 heterocycles. The zero-order valence-corrected chi connectivity index (χ0v) is 19.3. The Morgan fingerprint density at radius 2 is 1.81 bits per heavy atom. The Morgan fingerprint density at radius 1 is 1.12 bits per heavy atom. The summed E-state index contributed by atoms with van der Waals surface area (Å²) in [5.74, 6) is -0.324. The monoisotopic (exact) mass is 484 g/mol. The molecule has 1 amide bonds. The quantitative estimate of drug-likeness (QED) is 0.592. The van der Waals surface area contributed by atoms with Gasteiger partial charge in [0.05, 0.1) is 11.3 Å². The molecule has 3 fully saturated rings. The molecule has 1 aromatic heterocycles. The van der Waals surface area contributed by atoms with Gasteiger partial charge in [0.1, 0.15) is 0 Å². The number of oxazole rings is 1. The standard InChI is InChI=1S/C21H28N4O5S.ClH/c26-20(14-1-4-18-19(9-14)30-21(27)24-18)23-15-10-16-2-3-17(11-15)25(16)31(28,29)12-13-5-7-22-8-6-13;/h1,4,9,13,15-17,22H,2-3,5-8,10-12H2,(H,23,26)(H,24,27);1H/t15-,16+,17?;/m0./s1. The van der Waals surface area contributed by atoms with Crippen molar-refractivity contribution in [2.24, 2.45) is 5.92 Å². The van der Waals surface area contributed by atoms with Gasteiger partial charge in [0.25, 0.3) is 5.91 Å². The van der Waals surface area contributed by atoms with Crippen molar-refractivity contribution in [1.82, 2.24) is 19.9 Å². The van der Waals surface area contributed by atoms with E-state index in [-0.39, 0.29) is 48.1 Å². The van der Waals surface area contributed by atoms with Crippen LogP contribution in [0.3, 0.4) is 0 Å². The summed E-state index contributed by atoms with van der Waals surface area (Å²) in [5.41, 5.74) is 1.31. The van der Waals surface area contributed by atoms with Crippen LogP contribution in [-0.2, 0) is 10.0 Å². The fourth-order valence-corrected chi connectivity index (χ4v) is 7.89. The number of amides is 1. The van der Waals surface area contributed by atoms with Gasteiger partial charge in [0.15, 0.2) is 5.58 Å². The van der Waals surface area contributed by atoms with Crippen LogP contribution in [0.15, 0.2) is 27.4 Å². The molecule has 2 bridgehead atoms. The SMILES string of the molecule is Cl.O=C(N[C@@H]1CC2CC[C@H](C1)N2S(=O)(=O)CC1CCNCC1)c1ccc2[nH]c(=O)oc2c1. The van der Waals surface area contributed by atoms with Crippen molar-refractivity contribution in [2.45, 2.75) is 56.7 Å². The molecule has 1 unspecified atom stereocenters. The molecule has 3 atom stereocenters. The maximum atomic E-state index is 13.2. The van der Waals surface area contributed by atoms with Crippen LogP contribution in [0.2, 0.25) is 0 Å². The van der Waals surface area contributed by atoms with Crippen LogP contribution in [0, 0.1) is 5.92 Å². The summed E-state index contributed by atoms with van der Waals surface area (Å²) in [6.07, 6.45) is 4.79. The average Bonchev–Trinajstić information content (AvgIpc) is 3.24. The predicted octanol–water partition coefficient (Wildman–Crippen LogP) is 1.60. The van der Waals surface area contributed by atoms with E-state index in [1.165, 1.54) is 0 Å². The van der Waals surface area contributed by atoms with Gasteiger partial charge in [0.2, 0.25) is 10.0 Å². The molecule has 1 aromatic carbocycles. The van der Waals surface area contributed by atoms with Crippen molar-refractivity contribution in [3.8, 4) is 0 Å². The molecule has 3 aliphatic heterocycles. The smallest absolute Gasteiger partial charge is 0.408 e. The topological polar surface area (TPSA) is 125 Å². The third-order valence-electron chi connectivity index (χ3n) is 6.91. The number of hydrogen-bond donors (Lipinski definition) is 3. The lowest BCUT2D eigenvalue weighted by molar-refractivity contribution is 0.0909. The first kappa shape index (κ1) is 23.3. The number of aromatic nitrogens is 1. The molecule has 3 saturated heterocycles. The number of fused-ring (bicyclic) bond motifs is 3. The number of carbonyl (C=O) groups excluding carboxylic acids is 1. The molecule has 32 heavy (non-hydrogen) atoms. The molecule has 11 heteroatoms. The Labute approximate surface area is 192 Å². The third-order valence-corrected chi connectivity index (χ3v) is 9.04. The molecule has 176 valence electrons. The van der Waals surface area contributed by atoms with E-state index in [2.05, 4.69) is 15.6 Å². The van der Waals surface area contributed by atoms with Crippen LogP contribution in [0.1, 0.15) is 48.9 Å². The van der Waals surface area contributed by atoms with Crippen molar-refractivity contribution in [3.05, 3.63) is 34.3 Å². The van der Waals surface area contributed by atoms with Gasteiger partial charge in [-0.3, -0.25) is 9.78 Å². The minimum Gasteiger partial charge on any atom is -0.408 e. The second-order valence-corrected chi connectivity index (χ2v) is 11.0. The van der Waals surface area contributed by atoms with Crippen molar-refractivity contribution < 1.29 is 17.6 Å². The highest BCUT2D eigenvalue weighted by Gasteiger charge is 2.47. The Balaban J connectivity index is 0.00000245. The molecular weight excluding hydrogens is 456 g/mol. The molecule has 3 N–H and O–H groups in total. The van der Waals surface area contributed by atoms with Crippen molar-refractivity contribution >= 4 is 39.4 Å². The van der Waals surface area contributed by atoms with Crippen LogP contribution in [0.25, 0.3) is 11.1 Å². The number of aromatic amines is 1. The second kappa shape index (κ2) is 9.17. The number of rotatable bonds is 5. The van der Waals surface area contributed by atoms with Crippen LogP contribution < -0.4 is 16.4 Å². The Bertz CT molecular complexity index is 1130. The normalized spacial score (nSPS) is 26.7. The van der Waals surface area contributed by atoms with Gasteiger partial charge >= 0.3 is 5.76 Å². The highest BCUT2D eigenvalue weighted by atomic mass is 35.5. The van der Waals surface area contributed by atoms with Gasteiger partial charge in [-0.2, -0.15) is 4.31 Å². The second-order valence-electron chi connectivity index (χ2n) is 9.05. The zero-order chi connectivity index (χ0) is 21.6. The Hall–Kier alpha value is -1.88. The maximum Gasteiger partial charge on any atom is 0.417 e. The first-order chi connectivity index (χ1) is 14.9. The number of piperidine rings is 2. The lowest BCUT2D eigenvalue weighted by Crippen LogP contribution is -2.53. The highest BCUT2D eigenvalue weighted by Crippen LogP contribution is 2.39. The molecule has 3 aliphatic rings. The molecule has 0 aliphatic carbocycles. The molecule has 5 rings (SSSR count). The lowest BCUT2D eigenvalue weighted by Gasteiger charge is -2.39. The van der Waals surface area contributed by atoms with E-state index in [0.717, 1.165) is 38.8 Å². The largest absolute Gasteiger partial charge is 0.417 e. The number of benzene rings is 1. The van der Waals surface area contributed by atoms with E-state index in [1.54, 1.807) is 22.5 Å². The van der Waals surface area contributed by atoms with E-state index < -0.39 is 15.8 Å². The Morgan fingerprint density at radius 3 is 2.50 bits per heavy atom. The van der Waals surface area contributed by atoms with E-state index in [0.29, 0.717) is 29.5 Å². The predicted molar refractivity (Wildman–Crippen MR) is 123 cm³/mol. The fraction of sp³-hybridized carbons (Fsp3) is 0.619. The summed E-state index contributed by atoms with van der Waals surface area (Å²) in [6, 6.07) is 4.70. The molecular formula is C21H29ClN4O5S. The van der Waals surface area contributed by atoms with E-state index in [9.17, 15) is 18.0 Å². The van der Waals surface area contributed by atoms with Gasteiger partial charge in [-0.25, -0.2) is 13.2 Å². The van der Waals surface area contributed by atoms with Crippen LogP contribution in [0.5, 0.6) is 0 Å². The number of halogens is 1. The molecule has 0 saturated carbocycles. The molecule has 9 nitrogen and oxygen atoms in total. The van der Waals surface area contributed by atoms with Gasteiger partial charge in [-0.1, -0.05) is 0 Å².